The number of hydrogen-bond donors (Lipinski definition) is 1. The Balaban J connectivity index is 1.73. The summed E-state index contributed by atoms with van der Waals surface area (Å²) in [4.78, 5) is 34.8. The molecule has 29 heavy (non-hydrogen) atoms. The van der Waals surface area contributed by atoms with Gasteiger partial charge in [-0.1, -0.05) is 6.07 Å². The van der Waals surface area contributed by atoms with Gasteiger partial charge in [-0.05, 0) is 55.0 Å². The van der Waals surface area contributed by atoms with Gasteiger partial charge >= 0.3 is 0 Å². The number of amides is 2. The second-order valence-corrected chi connectivity index (χ2v) is 6.35. The van der Waals surface area contributed by atoms with Gasteiger partial charge in [0.15, 0.2) is 11.6 Å². The summed E-state index contributed by atoms with van der Waals surface area (Å²) in [5.74, 6) is 0.261. The van der Waals surface area contributed by atoms with E-state index in [1.54, 1.807) is 66.9 Å². The standard InChI is InChI=1S/C22H22N4O3/c1-3-26(2)22(28)18-7-4-6-17(14-18)21(27)25-20-19(8-5-11-24-20)29-15-16-9-12-23-13-10-16/h4-14H,3,15H2,1-2H3,(H,24,25,27). The van der Waals surface area contributed by atoms with Gasteiger partial charge in [0.25, 0.3) is 11.8 Å². The Morgan fingerprint density at radius 1 is 1.03 bits per heavy atom. The van der Waals surface area contributed by atoms with Gasteiger partial charge in [0.05, 0.1) is 0 Å². The quantitative estimate of drug-likeness (QED) is 0.668. The highest BCUT2D eigenvalue weighted by Crippen LogP contribution is 2.23. The Morgan fingerprint density at radius 2 is 1.79 bits per heavy atom. The van der Waals surface area contributed by atoms with Crippen molar-refractivity contribution in [1.29, 1.82) is 0 Å². The molecule has 2 aromatic heterocycles. The number of ether oxygens (including phenoxy) is 1. The van der Waals surface area contributed by atoms with Crippen molar-refractivity contribution in [2.24, 2.45) is 0 Å². The molecule has 1 aromatic carbocycles. The van der Waals surface area contributed by atoms with Crippen LogP contribution < -0.4 is 10.1 Å². The lowest BCUT2D eigenvalue weighted by Crippen LogP contribution is -2.26. The van der Waals surface area contributed by atoms with E-state index in [9.17, 15) is 9.59 Å². The van der Waals surface area contributed by atoms with Crippen LogP contribution in [-0.2, 0) is 6.61 Å². The molecule has 7 nitrogen and oxygen atoms in total. The van der Waals surface area contributed by atoms with Crippen molar-refractivity contribution in [3.05, 3.63) is 83.8 Å². The highest BCUT2D eigenvalue weighted by Gasteiger charge is 2.15. The molecule has 3 rings (SSSR count). The van der Waals surface area contributed by atoms with Crippen LogP contribution in [0.15, 0.2) is 67.1 Å². The fourth-order valence-corrected chi connectivity index (χ4v) is 2.58. The predicted molar refractivity (Wildman–Crippen MR) is 110 cm³/mol. The van der Waals surface area contributed by atoms with Crippen molar-refractivity contribution in [3.63, 3.8) is 0 Å². The molecule has 0 aliphatic carbocycles. The lowest BCUT2D eigenvalue weighted by molar-refractivity contribution is 0.0802. The fraction of sp³-hybridized carbons (Fsp3) is 0.182. The summed E-state index contributed by atoms with van der Waals surface area (Å²) in [5, 5.41) is 2.76. The second kappa shape index (κ2) is 9.45. The van der Waals surface area contributed by atoms with Crippen molar-refractivity contribution in [1.82, 2.24) is 14.9 Å². The number of anilines is 1. The maximum absolute atomic E-state index is 12.7. The van der Waals surface area contributed by atoms with E-state index in [0.717, 1.165) is 5.56 Å². The Kier molecular flexibility index (Phi) is 6.52. The fourth-order valence-electron chi connectivity index (χ4n) is 2.58. The maximum atomic E-state index is 12.7. The normalized spacial score (nSPS) is 10.3. The molecule has 0 atom stereocenters. The second-order valence-electron chi connectivity index (χ2n) is 6.35. The number of carbonyl (C=O) groups excluding carboxylic acids is 2. The lowest BCUT2D eigenvalue weighted by Gasteiger charge is -2.15. The summed E-state index contributed by atoms with van der Waals surface area (Å²) >= 11 is 0. The molecule has 7 heteroatoms. The number of benzene rings is 1. The highest BCUT2D eigenvalue weighted by atomic mass is 16.5. The number of pyridine rings is 2. The third-order valence-electron chi connectivity index (χ3n) is 4.34. The van der Waals surface area contributed by atoms with Crippen LogP contribution in [0.5, 0.6) is 5.75 Å². The average Bonchev–Trinajstić information content (AvgIpc) is 2.78. The van der Waals surface area contributed by atoms with Crippen LogP contribution in [0.1, 0.15) is 33.2 Å². The molecule has 2 amide bonds. The van der Waals surface area contributed by atoms with Crippen LogP contribution in [0.4, 0.5) is 5.82 Å². The largest absolute Gasteiger partial charge is 0.485 e. The van der Waals surface area contributed by atoms with Gasteiger partial charge in [-0.25, -0.2) is 4.98 Å². The third kappa shape index (κ3) is 5.16. The number of hydrogen-bond acceptors (Lipinski definition) is 5. The molecule has 0 bridgehead atoms. The smallest absolute Gasteiger partial charge is 0.256 e. The zero-order valence-corrected chi connectivity index (χ0v) is 16.3. The van der Waals surface area contributed by atoms with E-state index in [1.165, 1.54) is 0 Å². The van der Waals surface area contributed by atoms with Gasteiger partial charge in [-0.3, -0.25) is 14.6 Å². The molecule has 1 N–H and O–H groups in total. The Bertz CT molecular complexity index is 992. The van der Waals surface area contributed by atoms with Crippen LogP contribution in [0.25, 0.3) is 0 Å². The van der Waals surface area contributed by atoms with Gasteiger partial charge < -0.3 is 15.0 Å². The van der Waals surface area contributed by atoms with Crippen LogP contribution in [0.2, 0.25) is 0 Å². The number of nitrogens with zero attached hydrogens (tertiary/aromatic N) is 3. The first kappa shape index (κ1) is 20.0. The maximum Gasteiger partial charge on any atom is 0.256 e. The minimum atomic E-state index is -0.369. The van der Waals surface area contributed by atoms with Gasteiger partial charge in [0.2, 0.25) is 0 Å². The number of aromatic nitrogens is 2. The average molecular weight is 390 g/mol. The van der Waals surface area contributed by atoms with Crippen molar-refractivity contribution < 1.29 is 14.3 Å². The molecular formula is C22H22N4O3. The summed E-state index contributed by atoms with van der Waals surface area (Å²) in [6, 6.07) is 13.8. The molecule has 0 saturated carbocycles. The Labute approximate surface area is 169 Å². The molecule has 3 aromatic rings. The van der Waals surface area contributed by atoms with E-state index in [1.807, 2.05) is 19.1 Å². The SMILES string of the molecule is CCN(C)C(=O)c1cccc(C(=O)Nc2ncccc2OCc2ccncc2)c1. The first-order chi connectivity index (χ1) is 14.1. The van der Waals surface area contributed by atoms with Crippen molar-refractivity contribution in [2.75, 3.05) is 18.9 Å². The summed E-state index contributed by atoms with van der Waals surface area (Å²) in [5.41, 5.74) is 1.77. The zero-order valence-electron chi connectivity index (χ0n) is 16.3. The number of nitrogens with one attached hydrogen (secondary N) is 1. The van der Waals surface area contributed by atoms with E-state index in [4.69, 9.17) is 4.74 Å². The molecule has 2 heterocycles. The third-order valence-corrected chi connectivity index (χ3v) is 4.34. The van der Waals surface area contributed by atoms with Crippen molar-refractivity contribution >= 4 is 17.6 Å². The molecule has 0 aliphatic heterocycles. The van der Waals surface area contributed by atoms with Crippen LogP contribution in [-0.4, -0.2) is 40.3 Å². The van der Waals surface area contributed by atoms with Gasteiger partial charge in [0, 0.05) is 43.3 Å². The van der Waals surface area contributed by atoms with E-state index in [2.05, 4.69) is 15.3 Å². The summed E-state index contributed by atoms with van der Waals surface area (Å²) in [7, 11) is 1.72. The monoisotopic (exact) mass is 390 g/mol. The van der Waals surface area contributed by atoms with Crippen LogP contribution >= 0.6 is 0 Å². The molecular weight excluding hydrogens is 368 g/mol. The molecule has 148 valence electrons. The molecule has 0 fully saturated rings. The van der Waals surface area contributed by atoms with Gasteiger partial charge in [-0.2, -0.15) is 0 Å². The number of carbonyl (C=O) groups is 2. The first-order valence-electron chi connectivity index (χ1n) is 9.22. The lowest BCUT2D eigenvalue weighted by atomic mass is 10.1. The summed E-state index contributed by atoms with van der Waals surface area (Å²) in [6.07, 6.45) is 4.95. The first-order valence-corrected chi connectivity index (χ1v) is 9.22. The predicted octanol–water partition coefficient (Wildman–Crippen LogP) is 3.40. The molecule has 0 aliphatic rings. The summed E-state index contributed by atoms with van der Waals surface area (Å²) < 4.78 is 5.80. The van der Waals surface area contributed by atoms with E-state index >= 15 is 0 Å². The number of rotatable bonds is 7. The van der Waals surface area contributed by atoms with Crippen LogP contribution in [0.3, 0.4) is 0 Å². The topological polar surface area (TPSA) is 84.4 Å². The minimum absolute atomic E-state index is 0.138. The zero-order chi connectivity index (χ0) is 20.6. The van der Waals surface area contributed by atoms with Crippen molar-refractivity contribution in [3.8, 4) is 5.75 Å². The van der Waals surface area contributed by atoms with E-state index < -0.39 is 0 Å². The van der Waals surface area contributed by atoms with Gasteiger partial charge in [0.1, 0.15) is 6.61 Å². The van der Waals surface area contributed by atoms with Crippen LogP contribution in [0, 0.1) is 0 Å². The van der Waals surface area contributed by atoms with E-state index in [-0.39, 0.29) is 11.8 Å². The molecule has 0 unspecified atom stereocenters. The molecule has 0 saturated heterocycles. The molecule has 0 radical (unpaired) electrons. The van der Waals surface area contributed by atoms with Crippen molar-refractivity contribution in [2.45, 2.75) is 13.5 Å². The van der Waals surface area contributed by atoms with E-state index in [0.29, 0.717) is 35.8 Å². The Hall–Kier alpha value is -3.74. The highest BCUT2D eigenvalue weighted by molar-refractivity contribution is 6.06. The Morgan fingerprint density at radius 3 is 2.55 bits per heavy atom. The summed E-state index contributed by atoms with van der Waals surface area (Å²) in [6.45, 7) is 2.80. The van der Waals surface area contributed by atoms with Gasteiger partial charge in [-0.15, -0.1) is 0 Å². The molecule has 0 spiro atoms. The minimum Gasteiger partial charge on any atom is -0.485 e.